The number of anilines is 1. The molecule has 0 amide bonds. The molecule has 268 valence electrons. The van der Waals surface area contributed by atoms with Crippen LogP contribution in [0.5, 0.6) is 5.75 Å². The second kappa shape index (κ2) is 14.5. The quantitative estimate of drug-likeness (QED) is 0.0790. The Bertz CT molecular complexity index is 2160. The van der Waals surface area contributed by atoms with Gasteiger partial charge in [-0.1, -0.05) is 17.3 Å². The van der Waals surface area contributed by atoms with Crippen molar-refractivity contribution >= 4 is 39.4 Å². The van der Waals surface area contributed by atoms with Crippen molar-refractivity contribution in [1.29, 1.82) is 0 Å². The minimum atomic E-state index is -3.49. The number of hydrogen-bond donors (Lipinski definition) is 3. The summed E-state index contributed by atoms with van der Waals surface area (Å²) in [5.41, 5.74) is -0.833. The molecule has 1 aliphatic heterocycles. The number of carbonyl (C=O) groups excluding carboxylic acids is 1. The van der Waals surface area contributed by atoms with Crippen molar-refractivity contribution in [2.45, 2.75) is 38.5 Å². The number of ether oxygens (including phenoxy) is 2. The van der Waals surface area contributed by atoms with Crippen LogP contribution in [0.1, 0.15) is 47.1 Å². The number of H-pyrrole nitrogens is 1. The number of aromatic amines is 1. The normalized spacial score (nSPS) is 16.1. The third-order valence-corrected chi connectivity index (χ3v) is 9.20. The number of hydrazine groups is 1. The van der Waals surface area contributed by atoms with Gasteiger partial charge in [-0.15, -0.1) is 0 Å². The summed E-state index contributed by atoms with van der Waals surface area (Å²) in [6.45, 7) is 3.13. The smallest absolute Gasteiger partial charge is 0.306 e. The van der Waals surface area contributed by atoms with Crippen LogP contribution in [-0.2, 0) is 26.0 Å². The van der Waals surface area contributed by atoms with E-state index in [1.54, 1.807) is 56.4 Å². The fourth-order valence-corrected chi connectivity index (χ4v) is 6.58. The summed E-state index contributed by atoms with van der Waals surface area (Å²) in [5.74, 6) is -3.95. The van der Waals surface area contributed by atoms with E-state index in [4.69, 9.17) is 14.0 Å². The summed E-state index contributed by atoms with van der Waals surface area (Å²) in [5, 5.41) is 14.5. The molecule has 4 heterocycles. The highest BCUT2D eigenvalue weighted by molar-refractivity contribution is 7.73. The fraction of sp³-hybridized carbons (Fsp3) is 0.294. The lowest BCUT2D eigenvalue weighted by Gasteiger charge is -2.28. The van der Waals surface area contributed by atoms with E-state index in [2.05, 4.69) is 15.1 Å². The zero-order valence-corrected chi connectivity index (χ0v) is 28.2. The first-order valence-corrected chi connectivity index (χ1v) is 16.8. The Morgan fingerprint density at radius 2 is 1.90 bits per heavy atom. The number of pyridine rings is 1. The molecule has 6 rings (SSSR count). The maximum Gasteiger partial charge on any atom is 0.306 e. The van der Waals surface area contributed by atoms with Crippen molar-refractivity contribution in [2.24, 2.45) is 0 Å². The van der Waals surface area contributed by atoms with E-state index in [0.717, 1.165) is 17.1 Å². The van der Waals surface area contributed by atoms with Crippen LogP contribution in [-0.4, -0.2) is 77.9 Å². The van der Waals surface area contributed by atoms with Crippen LogP contribution in [0.3, 0.4) is 0 Å². The first-order valence-electron chi connectivity index (χ1n) is 15.7. The first-order chi connectivity index (χ1) is 24.3. The summed E-state index contributed by atoms with van der Waals surface area (Å²) in [7, 11) is -3.49. The molecule has 51 heavy (non-hydrogen) atoms. The molecular weight excluding hydrogens is 695 g/mol. The van der Waals surface area contributed by atoms with Gasteiger partial charge in [0.25, 0.3) is 0 Å². The molecule has 3 aromatic heterocycles. The number of carboxylic acids is 1. The summed E-state index contributed by atoms with van der Waals surface area (Å²) in [6, 6.07) is 11.8. The topological polar surface area (TPSA) is 168 Å². The van der Waals surface area contributed by atoms with E-state index in [0.29, 0.717) is 27.0 Å². The Hall–Kier alpha value is -5.26. The summed E-state index contributed by atoms with van der Waals surface area (Å²) in [4.78, 5) is 32.3. The second-order valence-corrected chi connectivity index (χ2v) is 12.9. The molecule has 1 fully saturated rings. The van der Waals surface area contributed by atoms with Gasteiger partial charge >= 0.3 is 5.97 Å². The Balaban J connectivity index is 1.18. The SMILES string of the molecule is Cc1cc(C(C)(CC(=O)O)OCCOc2ccc(-c3cnc4[nH]cc(C(=O)c5c(F)ccc(N(N6CC[C@@H](F)C6)[SH](=O)=O)c5F)c4c3)cc2)on1. The number of ketones is 1. The molecule has 1 saturated heterocycles. The molecule has 2 aromatic carbocycles. The van der Waals surface area contributed by atoms with Gasteiger partial charge in [-0.25, -0.2) is 31.6 Å². The molecular formula is C34H32F3N5O8S. The summed E-state index contributed by atoms with van der Waals surface area (Å²) in [6.07, 6.45) is 1.17. The van der Waals surface area contributed by atoms with Gasteiger partial charge in [-0.3, -0.25) is 9.59 Å². The minimum Gasteiger partial charge on any atom is -0.491 e. The lowest BCUT2D eigenvalue weighted by atomic mass is 9.98. The van der Waals surface area contributed by atoms with E-state index in [-0.39, 0.29) is 61.5 Å². The van der Waals surface area contributed by atoms with Gasteiger partial charge in [-0.2, -0.15) is 4.41 Å². The first kappa shape index (κ1) is 35.6. The molecule has 0 bridgehead atoms. The largest absolute Gasteiger partial charge is 0.491 e. The van der Waals surface area contributed by atoms with E-state index in [1.165, 1.54) is 6.20 Å². The fourth-order valence-electron chi connectivity index (χ4n) is 5.88. The van der Waals surface area contributed by atoms with Crippen molar-refractivity contribution < 1.29 is 50.3 Å². The highest BCUT2D eigenvalue weighted by Gasteiger charge is 2.35. The molecule has 13 nitrogen and oxygen atoms in total. The van der Waals surface area contributed by atoms with Crippen LogP contribution >= 0.6 is 0 Å². The number of alkyl halides is 1. The average molecular weight is 728 g/mol. The number of nitrogens with zero attached hydrogens (tertiary/aromatic N) is 4. The van der Waals surface area contributed by atoms with Gasteiger partial charge in [0.2, 0.25) is 16.7 Å². The Morgan fingerprint density at radius 1 is 1.14 bits per heavy atom. The molecule has 1 aliphatic rings. The van der Waals surface area contributed by atoms with E-state index >= 15 is 8.78 Å². The maximum absolute atomic E-state index is 15.9. The zero-order chi connectivity index (χ0) is 36.4. The number of carbonyl (C=O) groups is 2. The highest BCUT2D eigenvalue weighted by Crippen LogP contribution is 2.33. The highest BCUT2D eigenvalue weighted by atomic mass is 32.2. The number of hydrogen-bond acceptors (Lipinski definition) is 10. The van der Waals surface area contributed by atoms with Crippen LogP contribution in [0.25, 0.3) is 22.2 Å². The maximum atomic E-state index is 15.9. The molecule has 2 N–H and O–H groups in total. The summed E-state index contributed by atoms with van der Waals surface area (Å²) >= 11 is 0. The van der Waals surface area contributed by atoms with Crippen LogP contribution in [0, 0.1) is 18.6 Å². The predicted molar refractivity (Wildman–Crippen MR) is 177 cm³/mol. The molecule has 0 spiro atoms. The average Bonchev–Trinajstić information content (AvgIpc) is 3.84. The number of aryl methyl sites for hydroxylation is 1. The number of fused-ring (bicyclic) bond motifs is 1. The second-order valence-electron chi connectivity index (χ2n) is 12.1. The molecule has 0 saturated carbocycles. The Kier molecular flexibility index (Phi) is 10.1. The Labute approximate surface area is 290 Å². The molecule has 1 unspecified atom stereocenters. The number of carboxylic acid groups (broad SMARTS) is 1. The lowest BCUT2D eigenvalue weighted by molar-refractivity contribution is -0.147. The van der Waals surface area contributed by atoms with E-state index in [1.807, 2.05) is 0 Å². The number of benzene rings is 2. The molecule has 17 heteroatoms. The molecule has 0 aliphatic carbocycles. The lowest BCUT2D eigenvalue weighted by Crippen LogP contribution is -2.41. The standard InChI is InChI=1S/C34H32F3N5O8S/c1-19-13-28(50-40-19)34(2,15-29(43)44)49-12-11-48-23-5-3-20(4-6-23)21-14-24-25(17-39-33(24)38-16-21)32(45)30-26(36)7-8-27(31(30)37)42(51(46)47)41-10-9-22(35)18-41/h3-8,13-14,16-17,22,51H,9-12,15,18H2,1-2H3,(H,38,39)(H,43,44)/t22-,34?/m1/s1. The molecule has 0 radical (unpaired) electrons. The number of halogens is 3. The van der Waals surface area contributed by atoms with Gasteiger partial charge in [0.05, 0.1) is 30.8 Å². The van der Waals surface area contributed by atoms with Gasteiger partial charge < -0.3 is 24.1 Å². The van der Waals surface area contributed by atoms with Crippen molar-refractivity contribution in [3.63, 3.8) is 0 Å². The van der Waals surface area contributed by atoms with Crippen molar-refractivity contribution in [2.75, 3.05) is 30.7 Å². The van der Waals surface area contributed by atoms with Crippen LogP contribution in [0.2, 0.25) is 0 Å². The van der Waals surface area contributed by atoms with Gasteiger partial charge in [0.15, 0.2) is 11.6 Å². The zero-order valence-electron chi connectivity index (χ0n) is 27.3. The van der Waals surface area contributed by atoms with Crippen LogP contribution in [0.15, 0.2) is 65.4 Å². The summed E-state index contributed by atoms with van der Waals surface area (Å²) < 4.78 is 86.4. The number of nitrogens with one attached hydrogen (secondary N) is 1. The number of rotatable bonds is 14. The molecule has 5 aromatic rings. The number of aliphatic carboxylic acids is 1. The van der Waals surface area contributed by atoms with Gasteiger partial charge in [0.1, 0.15) is 41.3 Å². The Morgan fingerprint density at radius 3 is 2.55 bits per heavy atom. The third kappa shape index (κ3) is 7.45. The predicted octanol–water partition coefficient (Wildman–Crippen LogP) is 5.11. The number of aromatic nitrogens is 3. The van der Waals surface area contributed by atoms with E-state index < -0.39 is 57.3 Å². The van der Waals surface area contributed by atoms with E-state index in [9.17, 15) is 27.5 Å². The van der Waals surface area contributed by atoms with Crippen molar-refractivity contribution in [3.05, 3.63) is 95.1 Å². The van der Waals surface area contributed by atoms with Gasteiger partial charge in [0, 0.05) is 41.5 Å². The van der Waals surface area contributed by atoms with Crippen molar-refractivity contribution in [1.82, 2.24) is 20.1 Å². The minimum absolute atomic E-state index is 0.0125. The monoisotopic (exact) mass is 727 g/mol. The van der Waals surface area contributed by atoms with Gasteiger partial charge in [-0.05, 0) is 56.2 Å². The molecule has 2 atom stereocenters. The van der Waals surface area contributed by atoms with Crippen LogP contribution < -0.4 is 9.15 Å². The van der Waals surface area contributed by atoms with Crippen LogP contribution in [0.4, 0.5) is 18.9 Å². The number of thiol groups is 1. The van der Waals surface area contributed by atoms with Crippen molar-refractivity contribution in [3.8, 4) is 16.9 Å². The third-order valence-electron chi connectivity index (χ3n) is 8.42.